The summed E-state index contributed by atoms with van der Waals surface area (Å²) in [6.07, 6.45) is 2.32. The Hall–Kier alpha value is -1.73. The number of carbonyl (C=O) groups is 1. The first-order valence-electron chi connectivity index (χ1n) is 7.23. The number of hydrogen-bond acceptors (Lipinski definition) is 6. The van der Waals surface area contributed by atoms with Crippen LogP contribution in [0.2, 0.25) is 0 Å². The highest BCUT2D eigenvalue weighted by Crippen LogP contribution is 2.28. The standard InChI is InChI=1S/C14H20N4O3/c1-11-2-4-15-13(16-11)17-5-7-18(8-6-17)14(12(19)20)3-9-21-10-14/h2,4H,3,5-10H2,1H3,(H,19,20). The molecule has 1 atom stereocenters. The Morgan fingerprint density at radius 1 is 1.38 bits per heavy atom. The van der Waals surface area contributed by atoms with E-state index in [9.17, 15) is 9.90 Å². The predicted molar refractivity (Wildman–Crippen MR) is 76.4 cm³/mol. The Bertz CT molecular complexity index is 523. The van der Waals surface area contributed by atoms with E-state index in [0.29, 0.717) is 26.1 Å². The van der Waals surface area contributed by atoms with Crippen LogP contribution in [0.3, 0.4) is 0 Å². The van der Waals surface area contributed by atoms with Crippen LogP contribution in [0, 0.1) is 6.92 Å². The van der Waals surface area contributed by atoms with Gasteiger partial charge in [-0.05, 0) is 13.0 Å². The number of nitrogens with zero attached hydrogens (tertiary/aromatic N) is 4. The van der Waals surface area contributed by atoms with Crippen molar-refractivity contribution in [2.24, 2.45) is 0 Å². The van der Waals surface area contributed by atoms with Crippen LogP contribution in [-0.2, 0) is 9.53 Å². The van der Waals surface area contributed by atoms with Gasteiger partial charge in [-0.25, -0.2) is 9.97 Å². The zero-order valence-corrected chi connectivity index (χ0v) is 12.2. The average molecular weight is 292 g/mol. The van der Waals surface area contributed by atoms with Crippen molar-refractivity contribution in [3.63, 3.8) is 0 Å². The van der Waals surface area contributed by atoms with Crippen molar-refractivity contribution in [2.45, 2.75) is 18.9 Å². The van der Waals surface area contributed by atoms with Crippen molar-refractivity contribution >= 4 is 11.9 Å². The molecule has 1 unspecified atom stereocenters. The van der Waals surface area contributed by atoms with E-state index in [-0.39, 0.29) is 6.61 Å². The summed E-state index contributed by atoms with van der Waals surface area (Å²) in [4.78, 5) is 24.5. The molecule has 3 heterocycles. The lowest BCUT2D eigenvalue weighted by Crippen LogP contribution is -2.61. The van der Waals surface area contributed by atoms with Crippen molar-refractivity contribution in [1.29, 1.82) is 0 Å². The Morgan fingerprint density at radius 2 is 2.14 bits per heavy atom. The van der Waals surface area contributed by atoms with Crippen LogP contribution in [0.5, 0.6) is 0 Å². The molecule has 0 bridgehead atoms. The van der Waals surface area contributed by atoms with Crippen molar-refractivity contribution in [3.8, 4) is 0 Å². The maximum Gasteiger partial charge on any atom is 0.326 e. The summed E-state index contributed by atoms with van der Waals surface area (Å²) in [6.45, 7) is 5.59. The molecule has 2 fully saturated rings. The molecule has 0 aliphatic carbocycles. The first-order valence-corrected chi connectivity index (χ1v) is 7.23. The first-order chi connectivity index (χ1) is 10.1. The number of carboxylic acids is 1. The zero-order valence-electron chi connectivity index (χ0n) is 12.2. The van der Waals surface area contributed by atoms with E-state index in [0.717, 1.165) is 24.7 Å². The van der Waals surface area contributed by atoms with Crippen molar-refractivity contribution < 1.29 is 14.6 Å². The molecule has 2 aliphatic heterocycles. The summed E-state index contributed by atoms with van der Waals surface area (Å²) < 4.78 is 5.34. The summed E-state index contributed by atoms with van der Waals surface area (Å²) in [5.41, 5.74) is 0.0909. The van der Waals surface area contributed by atoms with Crippen LogP contribution in [0.15, 0.2) is 12.3 Å². The molecule has 1 aromatic heterocycles. The van der Waals surface area contributed by atoms with Crippen molar-refractivity contribution in [1.82, 2.24) is 14.9 Å². The summed E-state index contributed by atoms with van der Waals surface area (Å²) in [5, 5.41) is 9.58. The molecular formula is C14H20N4O3. The van der Waals surface area contributed by atoms with Gasteiger partial charge in [0.05, 0.1) is 6.61 Å². The van der Waals surface area contributed by atoms with Gasteiger partial charge in [-0.2, -0.15) is 0 Å². The van der Waals surface area contributed by atoms with Crippen LogP contribution in [-0.4, -0.2) is 70.9 Å². The number of aryl methyl sites for hydroxylation is 1. The second kappa shape index (κ2) is 5.57. The molecule has 0 amide bonds. The van der Waals surface area contributed by atoms with Crippen LogP contribution >= 0.6 is 0 Å². The van der Waals surface area contributed by atoms with Crippen LogP contribution in [0.1, 0.15) is 12.1 Å². The van der Waals surface area contributed by atoms with Crippen LogP contribution in [0.4, 0.5) is 5.95 Å². The largest absolute Gasteiger partial charge is 0.480 e. The number of anilines is 1. The number of carboxylic acid groups (broad SMARTS) is 1. The van der Waals surface area contributed by atoms with Gasteiger partial charge in [0.2, 0.25) is 5.95 Å². The lowest BCUT2D eigenvalue weighted by atomic mass is 9.95. The molecule has 21 heavy (non-hydrogen) atoms. The highest BCUT2D eigenvalue weighted by atomic mass is 16.5. The molecule has 114 valence electrons. The van der Waals surface area contributed by atoms with E-state index in [4.69, 9.17) is 4.74 Å². The second-order valence-electron chi connectivity index (χ2n) is 5.61. The summed E-state index contributed by atoms with van der Waals surface area (Å²) in [6, 6.07) is 1.87. The Labute approximate surface area is 123 Å². The van der Waals surface area contributed by atoms with Gasteiger partial charge in [0.25, 0.3) is 0 Å². The van der Waals surface area contributed by atoms with Gasteiger partial charge in [0.1, 0.15) is 5.54 Å². The van der Waals surface area contributed by atoms with Gasteiger partial charge in [-0.1, -0.05) is 0 Å². The molecule has 0 saturated carbocycles. The molecule has 2 aliphatic rings. The predicted octanol–water partition coefficient (Wildman–Crippen LogP) is 0.151. The third kappa shape index (κ3) is 2.58. The maximum atomic E-state index is 11.7. The highest BCUT2D eigenvalue weighted by Gasteiger charge is 2.48. The molecule has 0 aromatic carbocycles. The molecule has 0 spiro atoms. The Balaban J connectivity index is 1.69. The fourth-order valence-corrected chi connectivity index (χ4v) is 3.03. The lowest BCUT2D eigenvalue weighted by Gasteiger charge is -2.42. The van der Waals surface area contributed by atoms with E-state index in [2.05, 4.69) is 14.9 Å². The summed E-state index contributed by atoms with van der Waals surface area (Å²) in [7, 11) is 0. The van der Waals surface area contributed by atoms with Gasteiger partial charge in [-0.3, -0.25) is 9.69 Å². The summed E-state index contributed by atoms with van der Waals surface area (Å²) in [5.74, 6) is -0.0537. The lowest BCUT2D eigenvalue weighted by molar-refractivity contribution is -0.152. The molecule has 0 radical (unpaired) electrons. The topological polar surface area (TPSA) is 78.8 Å². The number of hydrogen-bond donors (Lipinski definition) is 1. The van der Waals surface area contributed by atoms with Crippen molar-refractivity contribution in [2.75, 3.05) is 44.3 Å². The number of aliphatic carboxylic acids is 1. The fraction of sp³-hybridized carbons (Fsp3) is 0.643. The fourth-order valence-electron chi connectivity index (χ4n) is 3.03. The number of aromatic nitrogens is 2. The van der Waals surface area contributed by atoms with Gasteiger partial charge in [-0.15, -0.1) is 0 Å². The monoisotopic (exact) mass is 292 g/mol. The van der Waals surface area contributed by atoms with Gasteiger partial charge >= 0.3 is 5.97 Å². The minimum atomic E-state index is -0.848. The minimum Gasteiger partial charge on any atom is -0.480 e. The van der Waals surface area contributed by atoms with Crippen LogP contribution < -0.4 is 4.90 Å². The molecule has 3 rings (SSSR count). The first kappa shape index (κ1) is 14.2. The summed E-state index contributed by atoms with van der Waals surface area (Å²) >= 11 is 0. The average Bonchev–Trinajstić information content (AvgIpc) is 2.98. The SMILES string of the molecule is Cc1ccnc(N2CCN(C3(C(=O)O)CCOC3)CC2)n1. The second-order valence-corrected chi connectivity index (χ2v) is 5.61. The van der Waals surface area contributed by atoms with E-state index in [1.54, 1.807) is 6.20 Å². The smallest absolute Gasteiger partial charge is 0.326 e. The van der Waals surface area contributed by atoms with E-state index < -0.39 is 11.5 Å². The van der Waals surface area contributed by atoms with E-state index >= 15 is 0 Å². The van der Waals surface area contributed by atoms with E-state index in [1.807, 2.05) is 17.9 Å². The third-order valence-electron chi connectivity index (χ3n) is 4.35. The Kier molecular flexibility index (Phi) is 3.77. The number of piperazine rings is 1. The molecular weight excluding hydrogens is 272 g/mol. The zero-order chi connectivity index (χ0) is 14.9. The number of rotatable bonds is 3. The number of ether oxygens (including phenoxy) is 1. The molecule has 7 heteroatoms. The molecule has 1 aromatic rings. The highest BCUT2D eigenvalue weighted by molar-refractivity contribution is 5.79. The van der Waals surface area contributed by atoms with Gasteiger partial charge in [0, 0.05) is 51.1 Å². The quantitative estimate of drug-likeness (QED) is 0.849. The van der Waals surface area contributed by atoms with Crippen molar-refractivity contribution in [3.05, 3.63) is 18.0 Å². The third-order valence-corrected chi connectivity index (χ3v) is 4.35. The molecule has 1 N–H and O–H groups in total. The maximum absolute atomic E-state index is 11.7. The van der Waals surface area contributed by atoms with Gasteiger partial charge in [0.15, 0.2) is 0 Å². The van der Waals surface area contributed by atoms with Gasteiger partial charge < -0.3 is 14.7 Å². The van der Waals surface area contributed by atoms with E-state index in [1.165, 1.54) is 0 Å². The normalized spacial score (nSPS) is 27.0. The Morgan fingerprint density at radius 3 is 2.71 bits per heavy atom. The van der Waals surface area contributed by atoms with Crippen LogP contribution in [0.25, 0.3) is 0 Å². The minimum absolute atomic E-state index is 0.281. The molecule has 7 nitrogen and oxygen atoms in total. The molecule has 2 saturated heterocycles.